The Labute approximate surface area is 111 Å². The normalized spacial score (nSPS) is 17.6. The molecule has 0 unspecified atom stereocenters. The highest BCUT2D eigenvalue weighted by molar-refractivity contribution is 5.20. The van der Waals surface area contributed by atoms with E-state index in [2.05, 4.69) is 30.3 Å². The minimum Gasteiger partial charge on any atom is -0.465 e. The first-order valence-corrected chi connectivity index (χ1v) is 7.13. The molecule has 0 aliphatic heterocycles. The van der Waals surface area contributed by atoms with E-state index < -0.39 is 0 Å². The molecule has 1 aromatic rings. The van der Waals surface area contributed by atoms with Gasteiger partial charge in [-0.1, -0.05) is 19.3 Å². The summed E-state index contributed by atoms with van der Waals surface area (Å²) in [7, 11) is 4.20. The van der Waals surface area contributed by atoms with E-state index >= 15 is 0 Å². The van der Waals surface area contributed by atoms with E-state index in [0.29, 0.717) is 0 Å². The van der Waals surface area contributed by atoms with Gasteiger partial charge in [-0.05, 0) is 39.9 Å². The van der Waals surface area contributed by atoms with Crippen LogP contribution in [0.25, 0.3) is 0 Å². The Bertz CT molecular complexity index is 367. The lowest BCUT2D eigenvalue weighted by atomic mass is 9.94. The fraction of sp³-hybridized carbons (Fsp3) is 0.733. The lowest BCUT2D eigenvalue weighted by Crippen LogP contribution is -2.32. The first-order chi connectivity index (χ1) is 8.70. The van der Waals surface area contributed by atoms with Gasteiger partial charge in [-0.3, -0.25) is 4.90 Å². The molecule has 3 heteroatoms. The Balaban J connectivity index is 1.95. The van der Waals surface area contributed by atoms with Crippen LogP contribution in [0.15, 0.2) is 10.5 Å². The quantitative estimate of drug-likeness (QED) is 0.870. The van der Waals surface area contributed by atoms with Crippen molar-refractivity contribution in [2.45, 2.75) is 58.2 Å². The Morgan fingerprint density at radius 2 is 2.06 bits per heavy atom. The third kappa shape index (κ3) is 3.36. The van der Waals surface area contributed by atoms with Crippen molar-refractivity contribution in [1.82, 2.24) is 10.2 Å². The number of nitrogens with one attached hydrogen (secondary N) is 1. The van der Waals surface area contributed by atoms with Crippen molar-refractivity contribution >= 4 is 0 Å². The maximum absolute atomic E-state index is 5.75. The van der Waals surface area contributed by atoms with Gasteiger partial charge in [-0.2, -0.15) is 0 Å². The van der Waals surface area contributed by atoms with Crippen LogP contribution in [0.5, 0.6) is 0 Å². The first kappa shape index (κ1) is 13.6. The van der Waals surface area contributed by atoms with E-state index in [1.54, 1.807) is 0 Å². The molecular formula is C15H26N2O. The largest absolute Gasteiger partial charge is 0.465 e. The van der Waals surface area contributed by atoms with Crippen LogP contribution in [0.4, 0.5) is 0 Å². The van der Waals surface area contributed by atoms with Gasteiger partial charge < -0.3 is 9.73 Å². The smallest absolute Gasteiger partial charge is 0.118 e. The van der Waals surface area contributed by atoms with E-state index in [-0.39, 0.29) is 0 Å². The van der Waals surface area contributed by atoms with Crippen molar-refractivity contribution in [3.63, 3.8) is 0 Å². The number of hydrogen-bond acceptors (Lipinski definition) is 3. The molecule has 1 aliphatic carbocycles. The van der Waals surface area contributed by atoms with Gasteiger partial charge in [-0.25, -0.2) is 0 Å². The highest BCUT2D eigenvalue weighted by Crippen LogP contribution is 2.24. The molecule has 1 aromatic heterocycles. The molecule has 1 fully saturated rings. The molecule has 102 valence electrons. The van der Waals surface area contributed by atoms with Gasteiger partial charge >= 0.3 is 0 Å². The maximum Gasteiger partial charge on any atom is 0.118 e. The van der Waals surface area contributed by atoms with Gasteiger partial charge in [0.25, 0.3) is 0 Å². The summed E-state index contributed by atoms with van der Waals surface area (Å²) in [6, 6.07) is 2.96. The van der Waals surface area contributed by atoms with Crippen LogP contribution in [0, 0.1) is 6.92 Å². The molecule has 2 rings (SSSR count). The van der Waals surface area contributed by atoms with Gasteiger partial charge in [0.15, 0.2) is 0 Å². The number of aryl methyl sites for hydroxylation is 1. The first-order valence-electron chi connectivity index (χ1n) is 7.13. The summed E-state index contributed by atoms with van der Waals surface area (Å²) in [5.74, 6) is 2.12. The van der Waals surface area contributed by atoms with Crippen molar-refractivity contribution < 1.29 is 4.42 Å². The zero-order valence-corrected chi connectivity index (χ0v) is 12.0. The van der Waals surface area contributed by atoms with Crippen molar-refractivity contribution in [1.29, 1.82) is 0 Å². The molecule has 1 saturated carbocycles. The highest BCUT2D eigenvalue weighted by atomic mass is 16.3. The van der Waals surface area contributed by atoms with E-state index in [1.165, 1.54) is 37.7 Å². The molecule has 0 bridgehead atoms. The molecule has 0 atom stereocenters. The van der Waals surface area contributed by atoms with Gasteiger partial charge in [0.1, 0.15) is 11.5 Å². The van der Waals surface area contributed by atoms with E-state index in [9.17, 15) is 0 Å². The lowest BCUT2D eigenvalue weighted by Gasteiger charge is -2.30. The second kappa shape index (κ2) is 6.39. The Hall–Kier alpha value is -0.800. The fourth-order valence-electron chi connectivity index (χ4n) is 2.93. The number of hydrogen-bond donors (Lipinski definition) is 1. The Kier molecular flexibility index (Phi) is 4.84. The topological polar surface area (TPSA) is 28.4 Å². The van der Waals surface area contributed by atoms with Crippen LogP contribution in [0.1, 0.15) is 49.2 Å². The molecule has 0 spiro atoms. The zero-order chi connectivity index (χ0) is 13.0. The van der Waals surface area contributed by atoms with Crippen LogP contribution >= 0.6 is 0 Å². The number of furan rings is 1. The molecule has 0 amide bonds. The molecule has 3 nitrogen and oxygen atoms in total. The van der Waals surface area contributed by atoms with Gasteiger partial charge in [0, 0.05) is 18.2 Å². The summed E-state index contributed by atoms with van der Waals surface area (Å²) in [6.07, 6.45) is 6.92. The van der Waals surface area contributed by atoms with Crippen molar-refractivity contribution in [2.75, 3.05) is 14.1 Å². The fourth-order valence-corrected chi connectivity index (χ4v) is 2.93. The van der Waals surface area contributed by atoms with Crippen LogP contribution in [-0.4, -0.2) is 25.0 Å². The van der Waals surface area contributed by atoms with E-state index in [4.69, 9.17) is 4.42 Å². The zero-order valence-electron chi connectivity index (χ0n) is 12.0. The molecule has 0 aromatic carbocycles. The Morgan fingerprint density at radius 3 is 2.72 bits per heavy atom. The summed E-state index contributed by atoms with van der Waals surface area (Å²) < 4.78 is 5.75. The predicted octanol–water partition coefficient (Wildman–Crippen LogP) is 3.07. The minimum atomic E-state index is 0.765. The summed E-state index contributed by atoms with van der Waals surface area (Å²) in [5, 5.41) is 3.13. The van der Waals surface area contributed by atoms with Crippen LogP contribution in [0.3, 0.4) is 0 Å². The van der Waals surface area contributed by atoms with Gasteiger partial charge in [0.05, 0.1) is 6.54 Å². The lowest BCUT2D eigenvalue weighted by molar-refractivity contribution is 0.184. The molecule has 1 aliphatic rings. The maximum atomic E-state index is 5.75. The molecule has 0 saturated heterocycles. The van der Waals surface area contributed by atoms with Crippen LogP contribution in [0.2, 0.25) is 0 Å². The predicted molar refractivity (Wildman–Crippen MR) is 74.5 cm³/mol. The van der Waals surface area contributed by atoms with Gasteiger partial charge in [0.2, 0.25) is 0 Å². The number of nitrogens with zero attached hydrogens (tertiary/aromatic N) is 1. The van der Waals surface area contributed by atoms with E-state index in [1.807, 2.05) is 7.05 Å². The molecular weight excluding hydrogens is 224 g/mol. The van der Waals surface area contributed by atoms with Crippen LogP contribution in [-0.2, 0) is 13.1 Å². The van der Waals surface area contributed by atoms with Crippen molar-refractivity contribution in [3.05, 3.63) is 23.2 Å². The SMILES string of the molecule is CNCc1cc(CN(C)C2CCCCC2)c(C)o1. The minimum absolute atomic E-state index is 0.765. The third-order valence-electron chi connectivity index (χ3n) is 4.04. The van der Waals surface area contributed by atoms with E-state index in [0.717, 1.165) is 30.7 Å². The molecule has 0 radical (unpaired) electrons. The third-order valence-corrected chi connectivity index (χ3v) is 4.04. The molecule has 18 heavy (non-hydrogen) atoms. The van der Waals surface area contributed by atoms with Gasteiger partial charge in [-0.15, -0.1) is 0 Å². The monoisotopic (exact) mass is 250 g/mol. The Morgan fingerprint density at radius 1 is 1.33 bits per heavy atom. The second-order valence-electron chi connectivity index (χ2n) is 5.53. The molecule has 1 heterocycles. The van der Waals surface area contributed by atoms with Crippen molar-refractivity contribution in [2.24, 2.45) is 0 Å². The molecule has 1 N–H and O–H groups in total. The average Bonchev–Trinajstić information content (AvgIpc) is 2.71. The highest BCUT2D eigenvalue weighted by Gasteiger charge is 2.19. The second-order valence-corrected chi connectivity index (χ2v) is 5.53. The summed E-state index contributed by atoms with van der Waals surface area (Å²) in [5.41, 5.74) is 1.34. The van der Waals surface area contributed by atoms with Crippen molar-refractivity contribution in [3.8, 4) is 0 Å². The average molecular weight is 250 g/mol. The summed E-state index contributed by atoms with van der Waals surface area (Å²) in [6.45, 7) is 3.90. The van der Waals surface area contributed by atoms with Crippen LogP contribution < -0.4 is 5.32 Å². The summed E-state index contributed by atoms with van der Waals surface area (Å²) >= 11 is 0. The standard InChI is InChI=1S/C15H26N2O/c1-12-13(9-15(18-12)10-16-2)11-17(3)14-7-5-4-6-8-14/h9,14,16H,4-8,10-11H2,1-3H3. The number of rotatable bonds is 5. The summed E-state index contributed by atoms with van der Waals surface area (Å²) in [4.78, 5) is 2.50.